The lowest BCUT2D eigenvalue weighted by atomic mass is 10.0. The minimum Gasteiger partial charge on any atom is -0.372 e. The van der Waals surface area contributed by atoms with Crippen molar-refractivity contribution >= 4 is 11.6 Å². The quantitative estimate of drug-likeness (QED) is 0.794. The summed E-state index contributed by atoms with van der Waals surface area (Å²) in [6, 6.07) is 8.25. The van der Waals surface area contributed by atoms with Gasteiger partial charge in [0, 0.05) is 17.7 Å². The fourth-order valence-corrected chi connectivity index (χ4v) is 2.13. The lowest BCUT2D eigenvalue weighted by molar-refractivity contribution is 0.0462. The molecule has 82 valence electrons. The average molecular weight is 226 g/mol. The highest BCUT2D eigenvalue weighted by molar-refractivity contribution is 6.30. The molecule has 0 radical (unpaired) electrons. The van der Waals surface area contributed by atoms with Crippen molar-refractivity contribution in [3.05, 3.63) is 34.9 Å². The number of hydrogen-bond acceptors (Lipinski definition) is 2. The Bertz CT molecular complexity index is 329. The van der Waals surface area contributed by atoms with E-state index in [2.05, 4.69) is 18.3 Å². The van der Waals surface area contributed by atoms with Crippen LogP contribution in [-0.2, 0) is 4.74 Å². The number of ether oxygens (including phenoxy) is 1. The van der Waals surface area contributed by atoms with Gasteiger partial charge in [-0.1, -0.05) is 23.7 Å². The topological polar surface area (TPSA) is 21.3 Å². The maximum absolute atomic E-state index is 5.98. The van der Waals surface area contributed by atoms with Crippen molar-refractivity contribution in [2.45, 2.75) is 25.5 Å². The van der Waals surface area contributed by atoms with E-state index in [-0.39, 0.29) is 6.10 Å². The monoisotopic (exact) mass is 225 g/mol. The molecule has 15 heavy (non-hydrogen) atoms. The van der Waals surface area contributed by atoms with Gasteiger partial charge < -0.3 is 10.1 Å². The molecule has 1 aliphatic heterocycles. The van der Waals surface area contributed by atoms with Crippen molar-refractivity contribution in [3.8, 4) is 0 Å². The Labute approximate surface area is 95.6 Å². The summed E-state index contributed by atoms with van der Waals surface area (Å²) in [5.74, 6) is 0. The van der Waals surface area contributed by atoms with Gasteiger partial charge in [-0.3, -0.25) is 0 Å². The molecule has 0 bridgehead atoms. The molecule has 1 N–H and O–H groups in total. The molecule has 2 unspecified atom stereocenters. The summed E-state index contributed by atoms with van der Waals surface area (Å²) in [6.45, 7) is 3.99. The fourth-order valence-electron chi connectivity index (χ4n) is 1.93. The fraction of sp³-hybridized carbons (Fsp3) is 0.500. The molecule has 1 aromatic carbocycles. The Morgan fingerprint density at radius 2 is 2.33 bits per heavy atom. The van der Waals surface area contributed by atoms with E-state index in [1.807, 2.05) is 18.2 Å². The molecule has 1 aromatic rings. The summed E-state index contributed by atoms with van der Waals surface area (Å²) >= 11 is 5.98. The van der Waals surface area contributed by atoms with Gasteiger partial charge in [-0.2, -0.15) is 0 Å². The van der Waals surface area contributed by atoms with Crippen LogP contribution in [0.1, 0.15) is 25.0 Å². The molecule has 2 atom stereocenters. The van der Waals surface area contributed by atoms with Crippen LogP contribution in [0.4, 0.5) is 0 Å². The predicted molar refractivity (Wildman–Crippen MR) is 62.2 cm³/mol. The first-order valence-corrected chi connectivity index (χ1v) is 5.75. The van der Waals surface area contributed by atoms with Crippen molar-refractivity contribution < 1.29 is 4.74 Å². The van der Waals surface area contributed by atoms with Crippen LogP contribution in [0.3, 0.4) is 0 Å². The van der Waals surface area contributed by atoms with Gasteiger partial charge in [0.25, 0.3) is 0 Å². The van der Waals surface area contributed by atoms with Crippen molar-refractivity contribution in [1.82, 2.24) is 5.32 Å². The molecule has 0 amide bonds. The SMILES string of the molecule is CC1NCCCOC1c1cccc(Cl)c1. The first-order chi connectivity index (χ1) is 7.27. The van der Waals surface area contributed by atoms with Crippen LogP contribution in [-0.4, -0.2) is 19.2 Å². The first kappa shape index (κ1) is 10.9. The summed E-state index contributed by atoms with van der Waals surface area (Å²) in [6.07, 6.45) is 1.19. The van der Waals surface area contributed by atoms with Crippen LogP contribution >= 0.6 is 11.6 Å². The molecular weight excluding hydrogens is 210 g/mol. The highest BCUT2D eigenvalue weighted by Gasteiger charge is 2.21. The number of rotatable bonds is 1. The highest BCUT2D eigenvalue weighted by Crippen LogP contribution is 2.25. The molecule has 1 aliphatic rings. The Morgan fingerprint density at radius 1 is 1.47 bits per heavy atom. The van der Waals surface area contributed by atoms with Crippen molar-refractivity contribution in [3.63, 3.8) is 0 Å². The van der Waals surface area contributed by atoms with E-state index in [1.165, 1.54) is 0 Å². The summed E-state index contributed by atoms with van der Waals surface area (Å²) in [5.41, 5.74) is 1.16. The van der Waals surface area contributed by atoms with Gasteiger partial charge >= 0.3 is 0 Å². The van der Waals surface area contributed by atoms with Gasteiger partial charge in [0.05, 0.1) is 6.10 Å². The van der Waals surface area contributed by atoms with Crippen molar-refractivity contribution in [2.24, 2.45) is 0 Å². The summed E-state index contributed by atoms with van der Waals surface area (Å²) in [4.78, 5) is 0. The van der Waals surface area contributed by atoms with E-state index in [9.17, 15) is 0 Å². The number of halogens is 1. The van der Waals surface area contributed by atoms with Gasteiger partial charge in [-0.05, 0) is 37.6 Å². The third-order valence-corrected chi connectivity index (χ3v) is 2.95. The Hall–Kier alpha value is -0.570. The maximum Gasteiger partial charge on any atom is 0.0975 e. The van der Waals surface area contributed by atoms with E-state index in [0.29, 0.717) is 6.04 Å². The van der Waals surface area contributed by atoms with Crippen molar-refractivity contribution in [1.29, 1.82) is 0 Å². The van der Waals surface area contributed by atoms with Crippen molar-refractivity contribution in [2.75, 3.05) is 13.2 Å². The molecule has 3 heteroatoms. The molecule has 0 saturated carbocycles. The van der Waals surface area contributed by atoms with E-state index in [4.69, 9.17) is 16.3 Å². The number of benzene rings is 1. The van der Waals surface area contributed by atoms with Gasteiger partial charge in [0.1, 0.15) is 0 Å². The Balaban J connectivity index is 2.20. The van der Waals surface area contributed by atoms with Crippen LogP contribution < -0.4 is 5.32 Å². The lowest BCUT2D eigenvalue weighted by Gasteiger charge is -2.22. The smallest absolute Gasteiger partial charge is 0.0975 e. The zero-order valence-corrected chi connectivity index (χ0v) is 9.63. The molecular formula is C12H16ClNO. The second-order valence-corrected chi connectivity index (χ2v) is 4.38. The summed E-state index contributed by atoms with van der Waals surface area (Å²) in [5, 5.41) is 4.22. The van der Waals surface area contributed by atoms with Gasteiger partial charge in [0.2, 0.25) is 0 Å². The van der Waals surface area contributed by atoms with Crippen LogP contribution in [0, 0.1) is 0 Å². The Morgan fingerprint density at radius 3 is 3.13 bits per heavy atom. The van der Waals surface area contributed by atoms with Gasteiger partial charge in [-0.15, -0.1) is 0 Å². The molecule has 0 aromatic heterocycles. The Kier molecular flexibility index (Phi) is 3.62. The van der Waals surface area contributed by atoms with Gasteiger partial charge in [0.15, 0.2) is 0 Å². The lowest BCUT2D eigenvalue weighted by Crippen LogP contribution is -2.31. The highest BCUT2D eigenvalue weighted by atomic mass is 35.5. The summed E-state index contributed by atoms with van der Waals surface area (Å²) in [7, 11) is 0. The molecule has 0 spiro atoms. The molecule has 2 nitrogen and oxygen atoms in total. The largest absolute Gasteiger partial charge is 0.372 e. The van der Waals surface area contributed by atoms with Crippen LogP contribution in [0.5, 0.6) is 0 Å². The van der Waals surface area contributed by atoms with Crippen LogP contribution in [0.2, 0.25) is 5.02 Å². The molecule has 0 aliphatic carbocycles. The second kappa shape index (κ2) is 4.97. The number of hydrogen-bond donors (Lipinski definition) is 1. The normalized spacial score (nSPS) is 27.3. The van der Waals surface area contributed by atoms with E-state index in [0.717, 1.165) is 30.2 Å². The minimum absolute atomic E-state index is 0.117. The zero-order chi connectivity index (χ0) is 10.7. The van der Waals surface area contributed by atoms with E-state index in [1.54, 1.807) is 0 Å². The first-order valence-electron chi connectivity index (χ1n) is 5.38. The number of nitrogens with one attached hydrogen (secondary N) is 1. The second-order valence-electron chi connectivity index (χ2n) is 3.94. The molecule has 1 heterocycles. The zero-order valence-electron chi connectivity index (χ0n) is 8.87. The van der Waals surface area contributed by atoms with E-state index >= 15 is 0 Å². The molecule has 2 rings (SSSR count). The third-order valence-electron chi connectivity index (χ3n) is 2.72. The van der Waals surface area contributed by atoms with Crippen LogP contribution in [0.25, 0.3) is 0 Å². The van der Waals surface area contributed by atoms with E-state index < -0.39 is 0 Å². The summed E-state index contributed by atoms with van der Waals surface area (Å²) < 4.78 is 5.84. The molecule has 1 saturated heterocycles. The predicted octanol–water partition coefficient (Wildman–Crippen LogP) is 2.78. The average Bonchev–Trinajstić information content (AvgIpc) is 2.43. The third kappa shape index (κ3) is 2.71. The van der Waals surface area contributed by atoms with Gasteiger partial charge in [-0.25, -0.2) is 0 Å². The minimum atomic E-state index is 0.117. The molecule has 1 fully saturated rings. The maximum atomic E-state index is 5.98. The van der Waals surface area contributed by atoms with Crippen LogP contribution in [0.15, 0.2) is 24.3 Å². The standard InChI is InChI=1S/C12H16ClNO/c1-9-12(15-7-3-6-14-9)10-4-2-5-11(13)8-10/h2,4-5,8-9,12,14H,3,6-7H2,1H3.